The van der Waals surface area contributed by atoms with Crippen molar-refractivity contribution >= 4 is 17.7 Å². The molecule has 2 rings (SSSR count). The van der Waals surface area contributed by atoms with Gasteiger partial charge in [0.05, 0.1) is 13.7 Å². The van der Waals surface area contributed by atoms with Crippen LogP contribution < -0.4 is 0 Å². The predicted molar refractivity (Wildman–Crippen MR) is 101 cm³/mol. The maximum atomic E-state index is 12.4. The van der Waals surface area contributed by atoms with Gasteiger partial charge in [-0.1, -0.05) is 17.7 Å². The number of Topliss-reactive ketones (excluding diaryl/α,β-unsaturated/α-hetero) is 1. The third kappa shape index (κ3) is 5.06. The van der Waals surface area contributed by atoms with Crippen molar-refractivity contribution in [1.82, 2.24) is 4.90 Å². The van der Waals surface area contributed by atoms with Crippen LogP contribution in [0.1, 0.15) is 56.2 Å². The molecule has 0 radical (unpaired) electrons. The van der Waals surface area contributed by atoms with Crippen LogP contribution in [0.2, 0.25) is 0 Å². The van der Waals surface area contributed by atoms with Crippen LogP contribution in [0.4, 0.5) is 0 Å². The average molecular weight is 371 g/mol. The average Bonchev–Trinajstić information content (AvgIpc) is 3.00. The Morgan fingerprint density at radius 3 is 2.41 bits per heavy atom. The van der Waals surface area contributed by atoms with E-state index in [1.165, 1.54) is 12.0 Å². The molecule has 1 aromatic heterocycles. The molecular formula is C21H25NO5. The number of rotatable bonds is 7. The third-order valence-corrected chi connectivity index (χ3v) is 4.45. The number of benzene rings is 1. The highest BCUT2D eigenvalue weighted by Crippen LogP contribution is 2.18. The third-order valence-electron chi connectivity index (χ3n) is 4.45. The Hall–Kier alpha value is -2.89. The van der Waals surface area contributed by atoms with E-state index in [4.69, 9.17) is 9.15 Å². The number of furan rings is 1. The van der Waals surface area contributed by atoms with E-state index in [2.05, 4.69) is 0 Å². The highest BCUT2D eigenvalue weighted by atomic mass is 16.5. The first kappa shape index (κ1) is 20.4. The van der Waals surface area contributed by atoms with E-state index in [0.717, 1.165) is 11.1 Å². The molecule has 0 aliphatic carbocycles. The highest BCUT2D eigenvalue weighted by molar-refractivity contribution is 5.99. The number of ketones is 1. The molecule has 6 nitrogen and oxygen atoms in total. The fourth-order valence-corrected chi connectivity index (χ4v) is 2.84. The van der Waals surface area contributed by atoms with Crippen molar-refractivity contribution in [2.24, 2.45) is 0 Å². The number of esters is 1. The zero-order chi connectivity index (χ0) is 20.1. The van der Waals surface area contributed by atoms with Gasteiger partial charge in [0.15, 0.2) is 5.78 Å². The molecule has 0 spiro atoms. The second-order valence-electron chi connectivity index (χ2n) is 6.67. The fraction of sp³-hybridized carbons (Fsp3) is 0.381. The van der Waals surface area contributed by atoms with E-state index < -0.39 is 5.97 Å². The molecule has 0 bridgehead atoms. The quantitative estimate of drug-likeness (QED) is 0.549. The number of aryl methyl sites for hydroxylation is 3. The van der Waals surface area contributed by atoms with Crippen molar-refractivity contribution in [2.75, 3.05) is 14.2 Å². The van der Waals surface area contributed by atoms with E-state index in [1.54, 1.807) is 20.0 Å². The summed E-state index contributed by atoms with van der Waals surface area (Å²) in [6.45, 7) is 5.70. The summed E-state index contributed by atoms with van der Waals surface area (Å²) in [5, 5.41) is 0. The Bertz CT molecular complexity index is 865. The molecule has 0 N–H and O–H groups in total. The molecule has 2 aromatic rings. The molecular weight excluding hydrogens is 346 g/mol. The summed E-state index contributed by atoms with van der Waals surface area (Å²) >= 11 is 0. The summed E-state index contributed by atoms with van der Waals surface area (Å²) in [5.41, 5.74) is 2.93. The van der Waals surface area contributed by atoms with Crippen molar-refractivity contribution in [2.45, 2.75) is 40.2 Å². The van der Waals surface area contributed by atoms with Crippen molar-refractivity contribution in [1.29, 1.82) is 0 Å². The summed E-state index contributed by atoms with van der Waals surface area (Å²) < 4.78 is 10.2. The number of carbonyl (C=O) groups is 3. The molecule has 27 heavy (non-hydrogen) atoms. The van der Waals surface area contributed by atoms with Crippen molar-refractivity contribution in [3.8, 4) is 0 Å². The molecule has 0 saturated heterocycles. The lowest BCUT2D eigenvalue weighted by molar-refractivity contribution is -0.130. The molecule has 0 aliphatic rings. The van der Waals surface area contributed by atoms with Crippen LogP contribution in [0.3, 0.4) is 0 Å². The normalized spacial score (nSPS) is 10.6. The van der Waals surface area contributed by atoms with Gasteiger partial charge in [-0.25, -0.2) is 4.79 Å². The van der Waals surface area contributed by atoms with Gasteiger partial charge in [0.25, 0.3) is 0 Å². The molecule has 0 aliphatic heterocycles. The second kappa shape index (κ2) is 8.66. The number of methoxy groups -OCH3 is 1. The number of nitrogens with zero attached hydrogens (tertiary/aromatic N) is 1. The fourth-order valence-electron chi connectivity index (χ4n) is 2.84. The van der Waals surface area contributed by atoms with Gasteiger partial charge < -0.3 is 14.1 Å². The van der Waals surface area contributed by atoms with Crippen LogP contribution >= 0.6 is 0 Å². The van der Waals surface area contributed by atoms with Gasteiger partial charge in [-0.3, -0.25) is 9.59 Å². The van der Waals surface area contributed by atoms with Gasteiger partial charge in [0.2, 0.25) is 5.91 Å². The minimum Gasteiger partial charge on any atom is -0.465 e. The van der Waals surface area contributed by atoms with E-state index in [0.29, 0.717) is 22.6 Å². The highest BCUT2D eigenvalue weighted by Gasteiger charge is 2.19. The summed E-state index contributed by atoms with van der Waals surface area (Å²) in [4.78, 5) is 37.9. The Labute approximate surface area is 159 Å². The summed E-state index contributed by atoms with van der Waals surface area (Å²) in [5.74, 6) is 0.255. The van der Waals surface area contributed by atoms with E-state index in [-0.39, 0.29) is 31.1 Å². The van der Waals surface area contributed by atoms with E-state index >= 15 is 0 Å². The van der Waals surface area contributed by atoms with Crippen molar-refractivity contribution in [3.63, 3.8) is 0 Å². The molecule has 1 heterocycles. The Morgan fingerprint density at radius 2 is 1.74 bits per heavy atom. The topological polar surface area (TPSA) is 76.8 Å². The first-order valence-electron chi connectivity index (χ1n) is 8.75. The maximum absolute atomic E-state index is 12.4. The molecule has 0 atom stereocenters. The van der Waals surface area contributed by atoms with E-state index in [9.17, 15) is 14.4 Å². The number of carbonyl (C=O) groups excluding carboxylic acids is 3. The van der Waals surface area contributed by atoms with Gasteiger partial charge in [0, 0.05) is 25.5 Å². The smallest absolute Gasteiger partial charge is 0.341 e. The van der Waals surface area contributed by atoms with Crippen LogP contribution in [0.15, 0.2) is 28.7 Å². The molecule has 0 fully saturated rings. The minimum atomic E-state index is -0.476. The van der Waals surface area contributed by atoms with Gasteiger partial charge in [-0.15, -0.1) is 0 Å². The van der Waals surface area contributed by atoms with Crippen LogP contribution in [-0.4, -0.2) is 36.7 Å². The van der Waals surface area contributed by atoms with Gasteiger partial charge in [-0.05, 0) is 38.5 Å². The number of hydrogen-bond acceptors (Lipinski definition) is 5. The summed E-state index contributed by atoms with van der Waals surface area (Å²) in [6.07, 6.45) is 0.268. The Kier molecular flexibility index (Phi) is 6.55. The zero-order valence-electron chi connectivity index (χ0n) is 16.4. The van der Waals surface area contributed by atoms with Crippen LogP contribution in [0.25, 0.3) is 0 Å². The molecule has 0 unspecified atom stereocenters. The van der Waals surface area contributed by atoms with Crippen LogP contribution in [-0.2, 0) is 16.1 Å². The molecule has 1 amide bonds. The van der Waals surface area contributed by atoms with Gasteiger partial charge >= 0.3 is 5.97 Å². The van der Waals surface area contributed by atoms with Crippen LogP contribution in [0, 0.1) is 20.8 Å². The molecule has 6 heteroatoms. The summed E-state index contributed by atoms with van der Waals surface area (Å²) in [6, 6.07) is 7.30. The SMILES string of the molecule is COC(=O)c1cc(CN(C)C(=O)CCC(=O)c2cc(C)ccc2C)oc1C. The minimum absolute atomic E-state index is 0.0419. The zero-order valence-corrected chi connectivity index (χ0v) is 16.4. The largest absolute Gasteiger partial charge is 0.465 e. The van der Waals surface area contributed by atoms with Crippen LogP contribution in [0.5, 0.6) is 0 Å². The summed E-state index contributed by atoms with van der Waals surface area (Å²) in [7, 11) is 2.94. The predicted octanol–water partition coefficient (Wildman–Crippen LogP) is 3.61. The lowest BCUT2D eigenvalue weighted by Crippen LogP contribution is -2.26. The molecule has 0 saturated carbocycles. The maximum Gasteiger partial charge on any atom is 0.341 e. The first-order valence-corrected chi connectivity index (χ1v) is 8.75. The lowest BCUT2D eigenvalue weighted by Gasteiger charge is -2.15. The number of amides is 1. The first-order chi connectivity index (χ1) is 12.7. The molecule has 144 valence electrons. The number of hydrogen-bond donors (Lipinski definition) is 0. The Morgan fingerprint density at radius 1 is 1.04 bits per heavy atom. The van der Waals surface area contributed by atoms with E-state index in [1.807, 2.05) is 32.0 Å². The van der Waals surface area contributed by atoms with Crippen molar-refractivity contribution in [3.05, 3.63) is 58.0 Å². The number of ether oxygens (including phenoxy) is 1. The lowest BCUT2D eigenvalue weighted by atomic mass is 9.99. The standard InChI is InChI=1S/C21H25NO5/c1-13-6-7-14(2)17(10-13)19(23)8-9-20(24)22(4)12-16-11-18(15(3)27-16)21(25)26-5/h6-7,10-11H,8-9,12H2,1-5H3. The second-order valence-corrected chi connectivity index (χ2v) is 6.67. The van der Waals surface area contributed by atoms with Gasteiger partial charge in [-0.2, -0.15) is 0 Å². The Balaban J connectivity index is 1.95. The monoisotopic (exact) mass is 371 g/mol. The van der Waals surface area contributed by atoms with Crippen molar-refractivity contribution < 1.29 is 23.5 Å². The van der Waals surface area contributed by atoms with Gasteiger partial charge in [0.1, 0.15) is 17.1 Å². The molecule has 1 aromatic carbocycles.